The Kier molecular flexibility index (Phi) is 6.01. The quantitative estimate of drug-likeness (QED) is 0.769. The summed E-state index contributed by atoms with van der Waals surface area (Å²) in [6.07, 6.45) is 4.02. The van der Waals surface area contributed by atoms with Crippen LogP contribution >= 0.6 is 0 Å². The second-order valence-electron chi connectivity index (χ2n) is 5.58. The van der Waals surface area contributed by atoms with Crippen LogP contribution in [0.25, 0.3) is 6.08 Å². The second-order valence-corrected chi connectivity index (χ2v) is 5.58. The van der Waals surface area contributed by atoms with E-state index >= 15 is 0 Å². The van der Waals surface area contributed by atoms with E-state index in [1.165, 1.54) is 6.08 Å². The first-order valence-corrected chi connectivity index (χ1v) is 8.18. The first-order chi connectivity index (χ1) is 12.0. The largest absolute Gasteiger partial charge is 0.463 e. The van der Waals surface area contributed by atoms with Gasteiger partial charge in [0.2, 0.25) is 5.54 Å². The highest BCUT2D eigenvalue weighted by Gasteiger charge is 2.40. The van der Waals surface area contributed by atoms with Crippen molar-refractivity contribution in [2.45, 2.75) is 32.2 Å². The number of benzene rings is 1. The SMILES string of the molecule is CCCOC(=O)Nc1ccc2c(c1)C=CC(C#N)(C(=O)OCCC)N2. The molecule has 1 aromatic carbocycles. The number of hydrogen-bond donors (Lipinski definition) is 2. The van der Waals surface area contributed by atoms with Crippen molar-refractivity contribution in [3.63, 3.8) is 0 Å². The second kappa shape index (κ2) is 8.20. The number of fused-ring (bicyclic) bond motifs is 1. The minimum absolute atomic E-state index is 0.257. The van der Waals surface area contributed by atoms with Crippen LogP contribution in [-0.2, 0) is 14.3 Å². The summed E-state index contributed by atoms with van der Waals surface area (Å²) >= 11 is 0. The van der Waals surface area contributed by atoms with E-state index in [1.54, 1.807) is 24.3 Å². The lowest BCUT2D eigenvalue weighted by Gasteiger charge is -2.28. The molecule has 7 heteroatoms. The van der Waals surface area contributed by atoms with Gasteiger partial charge in [-0.2, -0.15) is 5.26 Å². The predicted octanol–water partition coefficient (Wildman–Crippen LogP) is 3.30. The number of carbonyl (C=O) groups excluding carboxylic acids is 2. The fraction of sp³-hybridized carbons (Fsp3) is 0.389. The predicted molar refractivity (Wildman–Crippen MR) is 94.0 cm³/mol. The molecule has 1 unspecified atom stereocenters. The molecule has 0 fully saturated rings. The number of anilines is 2. The Morgan fingerprint density at radius 1 is 1.24 bits per heavy atom. The number of hydrogen-bond acceptors (Lipinski definition) is 6. The lowest BCUT2D eigenvalue weighted by molar-refractivity contribution is -0.145. The summed E-state index contributed by atoms with van der Waals surface area (Å²) in [7, 11) is 0. The molecule has 1 aliphatic heterocycles. The Labute approximate surface area is 146 Å². The lowest BCUT2D eigenvalue weighted by Crippen LogP contribution is -2.46. The van der Waals surface area contributed by atoms with E-state index < -0.39 is 17.6 Å². The molecule has 1 aromatic rings. The monoisotopic (exact) mass is 343 g/mol. The van der Waals surface area contributed by atoms with Crippen LogP contribution in [0.4, 0.5) is 16.2 Å². The Hall–Kier alpha value is -3.01. The van der Waals surface area contributed by atoms with Crippen molar-refractivity contribution >= 4 is 29.5 Å². The molecular formula is C18H21N3O4. The number of rotatable bonds is 6. The third-order valence-electron chi connectivity index (χ3n) is 3.52. The number of nitrogens with zero attached hydrogens (tertiary/aromatic N) is 1. The Morgan fingerprint density at radius 2 is 1.96 bits per heavy atom. The van der Waals surface area contributed by atoms with Crippen LogP contribution in [0.15, 0.2) is 24.3 Å². The molecule has 0 aromatic heterocycles. The van der Waals surface area contributed by atoms with Gasteiger partial charge in [0, 0.05) is 11.4 Å². The summed E-state index contributed by atoms with van der Waals surface area (Å²) < 4.78 is 10.1. The van der Waals surface area contributed by atoms with Crippen LogP contribution in [-0.4, -0.2) is 30.8 Å². The average Bonchev–Trinajstić information content (AvgIpc) is 2.63. The number of ether oxygens (including phenoxy) is 2. The zero-order valence-corrected chi connectivity index (χ0v) is 14.3. The van der Waals surface area contributed by atoms with E-state index in [0.717, 1.165) is 12.0 Å². The molecule has 0 aliphatic carbocycles. The normalized spacial score (nSPS) is 17.6. The van der Waals surface area contributed by atoms with Crippen LogP contribution in [0.3, 0.4) is 0 Å². The molecule has 1 heterocycles. The summed E-state index contributed by atoms with van der Waals surface area (Å²) in [5.74, 6) is -0.635. The van der Waals surface area contributed by atoms with Crippen LogP contribution in [0.5, 0.6) is 0 Å². The number of nitrogens with one attached hydrogen (secondary N) is 2. The van der Waals surface area contributed by atoms with Gasteiger partial charge in [-0.1, -0.05) is 19.9 Å². The summed E-state index contributed by atoms with van der Waals surface area (Å²) in [5.41, 5.74) is 0.355. The molecule has 0 saturated carbocycles. The van der Waals surface area contributed by atoms with Gasteiger partial charge in [0.25, 0.3) is 0 Å². The van der Waals surface area contributed by atoms with Gasteiger partial charge >= 0.3 is 12.1 Å². The van der Waals surface area contributed by atoms with Crippen LogP contribution in [0, 0.1) is 11.3 Å². The molecule has 7 nitrogen and oxygen atoms in total. The van der Waals surface area contributed by atoms with Gasteiger partial charge in [0.15, 0.2) is 0 Å². The maximum Gasteiger partial charge on any atom is 0.411 e. The molecule has 2 N–H and O–H groups in total. The molecule has 0 saturated heterocycles. The molecule has 0 bridgehead atoms. The van der Waals surface area contributed by atoms with Crippen molar-refractivity contribution in [2.75, 3.05) is 23.8 Å². The maximum absolute atomic E-state index is 12.2. The van der Waals surface area contributed by atoms with Crippen molar-refractivity contribution in [2.24, 2.45) is 0 Å². The summed E-state index contributed by atoms with van der Waals surface area (Å²) in [6.45, 7) is 4.40. The smallest absolute Gasteiger partial charge is 0.411 e. The van der Waals surface area contributed by atoms with Gasteiger partial charge in [-0.15, -0.1) is 0 Å². The highest BCUT2D eigenvalue weighted by Crippen LogP contribution is 2.31. The molecular weight excluding hydrogens is 322 g/mol. The topological polar surface area (TPSA) is 100 Å². The van der Waals surface area contributed by atoms with Crippen molar-refractivity contribution in [1.29, 1.82) is 5.26 Å². The minimum Gasteiger partial charge on any atom is -0.463 e. The fourth-order valence-corrected chi connectivity index (χ4v) is 2.25. The van der Waals surface area contributed by atoms with Crippen LogP contribution < -0.4 is 10.6 Å². The van der Waals surface area contributed by atoms with Gasteiger partial charge in [-0.3, -0.25) is 5.32 Å². The molecule has 2 rings (SSSR count). The summed E-state index contributed by atoms with van der Waals surface area (Å²) in [4.78, 5) is 23.8. The van der Waals surface area contributed by atoms with Crippen molar-refractivity contribution < 1.29 is 19.1 Å². The lowest BCUT2D eigenvalue weighted by atomic mass is 9.94. The zero-order valence-electron chi connectivity index (χ0n) is 14.3. The van der Waals surface area contributed by atoms with Gasteiger partial charge in [0.1, 0.15) is 6.07 Å². The third-order valence-corrected chi connectivity index (χ3v) is 3.52. The Morgan fingerprint density at radius 3 is 2.64 bits per heavy atom. The molecule has 25 heavy (non-hydrogen) atoms. The first-order valence-electron chi connectivity index (χ1n) is 8.18. The third kappa shape index (κ3) is 4.29. The molecule has 0 spiro atoms. The van der Waals surface area contributed by atoms with E-state index in [-0.39, 0.29) is 6.61 Å². The average molecular weight is 343 g/mol. The van der Waals surface area contributed by atoms with Crippen LogP contribution in [0.1, 0.15) is 32.3 Å². The summed E-state index contributed by atoms with van der Waals surface area (Å²) in [6, 6.07) is 7.05. The van der Waals surface area contributed by atoms with Gasteiger partial charge in [0.05, 0.1) is 13.2 Å². The van der Waals surface area contributed by atoms with Gasteiger partial charge in [-0.25, -0.2) is 9.59 Å². The van der Waals surface area contributed by atoms with E-state index in [4.69, 9.17) is 9.47 Å². The Bertz CT molecular complexity index is 724. The molecule has 1 aliphatic rings. The number of amides is 1. The van der Waals surface area contributed by atoms with E-state index in [9.17, 15) is 14.9 Å². The summed E-state index contributed by atoms with van der Waals surface area (Å²) in [5, 5.41) is 15.0. The molecule has 0 radical (unpaired) electrons. The van der Waals surface area contributed by atoms with Gasteiger partial charge < -0.3 is 14.8 Å². The van der Waals surface area contributed by atoms with Gasteiger partial charge in [-0.05, 0) is 42.7 Å². The standard InChI is InChI=1S/C18H21N3O4/c1-3-9-24-16(22)18(12-19)8-7-13-11-14(5-6-15(13)21-18)20-17(23)25-10-4-2/h5-8,11,21H,3-4,9-10H2,1-2H3,(H,20,23). The molecule has 1 atom stereocenters. The molecule has 132 valence electrons. The first kappa shape index (κ1) is 18.3. The zero-order chi connectivity index (χ0) is 18.3. The maximum atomic E-state index is 12.2. The fourth-order valence-electron chi connectivity index (χ4n) is 2.25. The number of nitriles is 1. The van der Waals surface area contributed by atoms with Crippen molar-refractivity contribution in [3.05, 3.63) is 29.8 Å². The van der Waals surface area contributed by atoms with Crippen molar-refractivity contribution in [3.8, 4) is 6.07 Å². The Balaban J connectivity index is 2.14. The molecule has 1 amide bonds. The minimum atomic E-state index is -1.54. The van der Waals surface area contributed by atoms with E-state index in [0.29, 0.717) is 24.4 Å². The number of carbonyl (C=O) groups is 2. The number of esters is 1. The highest BCUT2D eigenvalue weighted by atomic mass is 16.5. The highest BCUT2D eigenvalue weighted by molar-refractivity contribution is 5.96. The van der Waals surface area contributed by atoms with E-state index in [1.807, 2.05) is 19.9 Å². The van der Waals surface area contributed by atoms with E-state index in [2.05, 4.69) is 10.6 Å². The van der Waals surface area contributed by atoms with Crippen LogP contribution in [0.2, 0.25) is 0 Å². The van der Waals surface area contributed by atoms with Crippen molar-refractivity contribution in [1.82, 2.24) is 0 Å².